The van der Waals surface area contributed by atoms with Crippen molar-refractivity contribution in [1.29, 1.82) is 0 Å². The molecule has 1 heterocycles. The van der Waals surface area contributed by atoms with E-state index in [2.05, 4.69) is 31.9 Å². The maximum absolute atomic E-state index is 6.28. The second-order valence-electron chi connectivity index (χ2n) is 5.75. The number of nitrogens with two attached hydrogens (primary N) is 1. The molecule has 2 aromatic rings. The summed E-state index contributed by atoms with van der Waals surface area (Å²) in [7, 11) is 1.90. The zero-order valence-electron chi connectivity index (χ0n) is 13.3. The molecule has 0 amide bonds. The summed E-state index contributed by atoms with van der Waals surface area (Å²) in [5, 5.41) is 4.23. The highest BCUT2D eigenvalue weighted by Gasteiger charge is 2.23. The third-order valence-electron chi connectivity index (χ3n) is 3.71. The van der Waals surface area contributed by atoms with Crippen LogP contribution < -0.4 is 10.5 Å². The topological polar surface area (TPSA) is 53.1 Å². The van der Waals surface area contributed by atoms with Crippen LogP contribution in [0.2, 0.25) is 0 Å². The Morgan fingerprint density at radius 2 is 2.00 bits per heavy atom. The fraction of sp³-hybridized carbons (Fsp3) is 0.471. The molecule has 0 fully saturated rings. The summed E-state index contributed by atoms with van der Waals surface area (Å²) >= 11 is 0. The highest BCUT2D eigenvalue weighted by Crippen LogP contribution is 2.31. The van der Waals surface area contributed by atoms with E-state index in [0.717, 1.165) is 17.7 Å². The number of para-hydroxylation sites is 1. The van der Waals surface area contributed by atoms with Crippen LogP contribution >= 0.6 is 0 Å². The molecule has 0 radical (unpaired) electrons. The molecule has 2 unspecified atom stereocenters. The van der Waals surface area contributed by atoms with Gasteiger partial charge in [0.25, 0.3) is 0 Å². The van der Waals surface area contributed by atoms with E-state index in [-0.39, 0.29) is 12.1 Å². The van der Waals surface area contributed by atoms with Crippen molar-refractivity contribution < 1.29 is 4.74 Å². The van der Waals surface area contributed by atoms with Gasteiger partial charge in [-0.2, -0.15) is 5.10 Å². The van der Waals surface area contributed by atoms with Crippen LogP contribution in [0.25, 0.3) is 0 Å². The molecule has 0 aliphatic rings. The summed E-state index contributed by atoms with van der Waals surface area (Å²) in [6.07, 6.45) is 4.48. The molecule has 0 aliphatic heterocycles. The number of hydrogen-bond donors (Lipinski definition) is 1. The number of ether oxygens (including phenoxy) is 1. The minimum absolute atomic E-state index is 0.0607. The van der Waals surface area contributed by atoms with Gasteiger partial charge in [0.1, 0.15) is 11.9 Å². The molecule has 0 spiro atoms. The third kappa shape index (κ3) is 3.64. The van der Waals surface area contributed by atoms with E-state index < -0.39 is 0 Å². The van der Waals surface area contributed by atoms with Crippen molar-refractivity contribution in [3.8, 4) is 5.75 Å². The molecule has 0 saturated heterocycles. The lowest BCUT2D eigenvalue weighted by Gasteiger charge is -2.25. The smallest absolute Gasteiger partial charge is 0.142 e. The highest BCUT2D eigenvalue weighted by molar-refractivity contribution is 5.36. The number of benzene rings is 1. The van der Waals surface area contributed by atoms with Gasteiger partial charge in [0, 0.05) is 24.8 Å². The summed E-state index contributed by atoms with van der Waals surface area (Å²) in [4.78, 5) is 0. The number of nitrogens with zero attached hydrogens (tertiary/aromatic N) is 2. The first-order valence-electron chi connectivity index (χ1n) is 7.52. The van der Waals surface area contributed by atoms with Gasteiger partial charge in [-0.25, -0.2) is 0 Å². The first-order chi connectivity index (χ1) is 10.0. The SMILES string of the molecule is CCC(N)C(Oc1ccccc1C(C)C)c1cnn(C)c1. The van der Waals surface area contributed by atoms with Crippen LogP contribution in [-0.2, 0) is 7.05 Å². The summed E-state index contributed by atoms with van der Waals surface area (Å²) in [5.74, 6) is 1.32. The Hall–Kier alpha value is -1.81. The fourth-order valence-electron chi connectivity index (χ4n) is 2.41. The number of aromatic nitrogens is 2. The zero-order chi connectivity index (χ0) is 15.4. The molecule has 2 atom stereocenters. The predicted molar refractivity (Wildman–Crippen MR) is 85.4 cm³/mol. The van der Waals surface area contributed by atoms with Crippen molar-refractivity contribution in [1.82, 2.24) is 9.78 Å². The van der Waals surface area contributed by atoms with E-state index in [0.29, 0.717) is 5.92 Å². The maximum Gasteiger partial charge on any atom is 0.142 e. The molecule has 4 nitrogen and oxygen atoms in total. The predicted octanol–water partition coefficient (Wildman–Crippen LogP) is 3.40. The molecule has 0 aliphatic carbocycles. The third-order valence-corrected chi connectivity index (χ3v) is 3.71. The first kappa shape index (κ1) is 15.6. The van der Waals surface area contributed by atoms with E-state index in [1.165, 1.54) is 5.56 Å². The Morgan fingerprint density at radius 3 is 2.57 bits per heavy atom. The average Bonchev–Trinajstić information content (AvgIpc) is 2.90. The Morgan fingerprint density at radius 1 is 1.29 bits per heavy atom. The summed E-state index contributed by atoms with van der Waals surface area (Å²) in [6.45, 7) is 6.41. The van der Waals surface area contributed by atoms with Gasteiger partial charge < -0.3 is 10.5 Å². The van der Waals surface area contributed by atoms with Crippen molar-refractivity contribution in [2.45, 2.75) is 45.3 Å². The highest BCUT2D eigenvalue weighted by atomic mass is 16.5. The largest absolute Gasteiger partial charge is 0.484 e. The van der Waals surface area contributed by atoms with E-state index in [1.807, 2.05) is 37.6 Å². The standard InChI is InChI=1S/C17H25N3O/c1-5-15(18)17(13-10-19-20(4)11-13)21-16-9-7-6-8-14(16)12(2)3/h6-12,15,17H,5,18H2,1-4H3. The van der Waals surface area contributed by atoms with Gasteiger partial charge in [0.2, 0.25) is 0 Å². The number of rotatable bonds is 6. The second kappa shape index (κ2) is 6.76. The normalized spacial score (nSPS) is 14.2. The summed E-state index contributed by atoms with van der Waals surface area (Å²) in [6, 6.07) is 8.10. The Balaban J connectivity index is 2.32. The quantitative estimate of drug-likeness (QED) is 0.886. The molecule has 114 valence electrons. The van der Waals surface area contributed by atoms with Crippen molar-refractivity contribution in [2.75, 3.05) is 0 Å². The Kier molecular flexibility index (Phi) is 5.02. The lowest BCUT2D eigenvalue weighted by molar-refractivity contribution is 0.169. The van der Waals surface area contributed by atoms with Gasteiger partial charge in [-0.15, -0.1) is 0 Å². The first-order valence-corrected chi connectivity index (χ1v) is 7.52. The lowest BCUT2D eigenvalue weighted by Crippen LogP contribution is -2.31. The summed E-state index contributed by atoms with van der Waals surface area (Å²) < 4.78 is 8.06. The minimum atomic E-state index is -0.177. The fourth-order valence-corrected chi connectivity index (χ4v) is 2.41. The van der Waals surface area contributed by atoms with E-state index in [1.54, 1.807) is 4.68 Å². The maximum atomic E-state index is 6.28. The van der Waals surface area contributed by atoms with Crippen molar-refractivity contribution in [2.24, 2.45) is 12.8 Å². The van der Waals surface area contributed by atoms with E-state index in [9.17, 15) is 0 Å². The molecule has 1 aromatic heterocycles. The van der Waals surface area contributed by atoms with Crippen LogP contribution in [0.3, 0.4) is 0 Å². The molecule has 0 bridgehead atoms. The van der Waals surface area contributed by atoms with Gasteiger partial charge in [-0.3, -0.25) is 4.68 Å². The van der Waals surface area contributed by atoms with Crippen LogP contribution in [-0.4, -0.2) is 15.8 Å². The summed E-state index contributed by atoms with van der Waals surface area (Å²) in [5.41, 5.74) is 8.49. The molecular formula is C17H25N3O. The van der Waals surface area contributed by atoms with Gasteiger partial charge in [-0.1, -0.05) is 39.0 Å². The van der Waals surface area contributed by atoms with E-state index >= 15 is 0 Å². The van der Waals surface area contributed by atoms with Crippen LogP contribution in [0.5, 0.6) is 5.75 Å². The average molecular weight is 287 g/mol. The number of hydrogen-bond acceptors (Lipinski definition) is 3. The second-order valence-corrected chi connectivity index (χ2v) is 5.75. The van der Waals surface area contributed by atoms with Gasteiger partial charge >= 0.3 is 0 Å². The monoisotopic (exact) mass is 287 g/mol. The molecule has 4 heteroatoms. The van der Waals surface area contributed by atoms with Gasteiger partial charge in [-0.05, 0) is 24.0 Å². The number of aryl methyl sites for hydroxylation is 1. The molecule has 1 aromatic carbocycles. The Labute approximate surface area is 126 Å². The van der Waals surface area contributed by atoms with E-state index in [4.69, 9.17) is 10.5 Å². The molecular weight excluding hydrogens is 262 g/mol. The molecule has 2 rings (SSSR count). The Bertz CT molecular complexity index is 577. The van der Waals surface area contributed by atoms with Crippen LogP contribution in [0.15, 0.2) is 36.7 Å². The van der Waals surface area contributed by atoms with Crippen LogP contribution in [0, 0.1) is 0 Å². The van der Waals surface area contributed by atoms with Crippen molar-refractivity contribution in [3.05, 3.63) is 47.8 Å². The molecule has 0 saturated carbocycles. The zero-order valence-corrected chi connectivity index (χ0v) is 13.3. The van der Waals surface area contributed by atoms with Gasteiger partial charge in [0.15, 0.2) is 0 Å². The van der Waals surface area contributed by atoms with Gasteiger partial charge in [0.05, 0.1) is 6.20 Å². The lowest BCUT2D eigenvalue weighted by atomic mass is 10.0. The van der Waals surface area contributed by atoms with Crippen molar-refractivity contribution >= 4 is 0 Å². The molecule has 2 N–H and O–H groups in total. The van der Waals surface area contributed by atoms with Crippen LogP contribution in [0.1, 0.15) is 50.3 Å². The van der Waals surface area contributed by atoms with Crippen LogP contribution in [0.4, 0.5) is 0 Å². The molecule has 21 heavy (non-hydrogen) atoms. The minimum Gasteiger partial charge on any atom is -0.484 e. The van der Waals surface area contributed by atoms with Crippen molar-refractivity contribution in [3.63, 3.8) is 0 Å².